The van der Waals surface area contributed by atoms with Gasteiger partial charge in [0, 0.05) is 13.1 Å². The van der Waals surface area contributed by atoms with E-state index in [1.54, 1.807) is 6.07 Å². The van der Waals surface area contributed by atoms with Crippen LogP contribution in [0.3, 0.4) is 0 Å². The number of halogens is 2. The minimum atomic E-state index is -0.344. The fourth-order valence-electron chi connectivity index (χ4n) is 2.70. The molecule has 5 heteroatoms. The van der Waals surface area contributed by atoms with E-state index in [2.05, 4.69) is 4.90 Å². The van der Waals surface area contributed by atoms with Crippen molar-refractivity contribution in [3.8, 4) is 5.75 Å². The fraction of sp³-hybridized carbons (Fsp3) is 0.600. The summed E-state index contributed by atoms with van der Waals surface area (Å²) in [5, 5.41) is 0.324. The van der Waals surface area contributed by atoms with E-state index in [9.17, 15) is 4.39 Å². The quantitative estimate of drug-likeness (QED) is 0.878. The average Bonchev–Trinajstić information content (AvgIpc) is 2.42. The number of ether oxygens (including phenoxy) is 1. The maximum atomic E-state index is 12.9. The Kier molecular flexibility index (Phi) is 6.07. The Morgan fingerprint density at radius 2 is 2.30 bits per heavy atom. The first-order valence-electron chi connectivity index (χ1n) is 7.19. The summed E-state index contributed by atoms with van der Waals surface area (Å²) in [5.74, 6) is 0.912. The lowest BCUT2D eigenvalue weighted by Crippen LogP contribution is -2.38. The molecule has 0 bridgehead atoms. The third kappa shape index (κ3) is 4.62. The van der Waals surface area contributed by atoms with Crippen LogP contribution in [-0.4, -0.2) is 37.7 Å². The van der Waals surface area contributed by atoms with Gasteiger partial charge in [-0.25, -0.2) is 4.39 Å². The van der Waals surface area contributed by atoms with Crippen LogP contribution in [0.5, 0.6) is 5.75 Å². The van der Waals surface area contributed by atoms with Crippen LogP contribution in [0, 0.1) is 11.7 Å². The van der Waals surface area contributed by atoms with Gasteiger partial charge in [0.15, 0.2) is 0 Å². The number of benzene rings is 1. The standard InChI is InChI=1S/C15H22ClFN2O/c16-14-10-13(17)3-4-15(14)20-9-8-19-7-1-2-12(11-19)5-6-18/h3-4,10,12H,1-2,5-9,11,18H2. The summed E-state index contributed by atoms with van der Waals surface area (Å²) in [6.45, 7) is 4.41. The van der Waals surface area contributed by atoms with Crippen LogP contribution in [0.4, 0.5) is 4.39 Å². The zero-order valence-electron chi connectivity index (χ0n) is 11.7. The van der Waals surface area contributed by atoms with Crippen LogP contribution in [0.1, 0.15) is 19.3 Å². The Bertz CT molecular complexity index is 428. The first kappa shape index (κ1) is 15.5. The number of likely N-dealkylation sites (tertiary alicyclic amines) is 1. The molecule has 1 aliphatic rings. The predicted molar refractivity (Wildman–Crippen MR) is 79.7 cm³/mol. The molecule has 20 heavy (non-hydrogen) atoms. The Morgan fingerprint density at radius 1 is 1.45 bits per heavy atom. The molecule has 1 atom stereocenters. The second-order valence-electron chi connectivity index (χ2n) is 5.31. The lowest BCUT2D eigenvalue weighted by molar-refractivity contribution is 0.144. The average molecular weight is 301 g/mol. The lowest BCUT2D eigenvalue weighted by Gasteiger charge is -2.32. The SMILES string of the molecule is NCCC1CCCN(CCOc2ccc(F)cc2Cl)C1. The van der Waals surface area contributed by atoms with Crippen molar-refractivity contribution in [3.63, 3.8) is 0 Å². The van der Waals surface area contributed by atoms with Crippen molar-refractivity contribution < 1.29 is 9.13 Å². The molecule has 2 rings (SSSR count). The molecule has 1 saturated heterocycles. The van der Waals surface area contributed by atoms with Crippen LogP contribution < -0.4 is 10.5 Å². The molecular formula is C15H22ClFN2O. The molecule has 1 fully saturated rings. The van der Waals surface area contributed by atoms with E-state index in [1.807, 2.05) is 0 Å². The highest BCUT2D eigenvalue weighted by atomic mass is 35.5. The molecule has 1 heterocycles. The summed E-state index contributed by atoms with van der Waals surface area (Å²) in [7, 11) is 0. The number of piperidine rings is 1. The summed E-state index contributed by atoms with van der Waals surface area (Å²) < 4.78 is 18.5. The molecule has 1 unspecified atom stereocenters. The van der Waals surface area contributed by atoms with Crippen molar-refractivity contribution in [2.45, 2.75) is 19.3 Å². The molecule has 0 aromatic heterocycles. The van der Waals surface area contributed by atoms with Crippen LogP contribution in [0.15, 0.2) is 18.2 Å². The first-order chi connectivity index (χ1) is 9.69. The Hall–Kier alpha value is -0.840. The van der Waals surface area contributed by atoms with Crippen molar-refractivity contribution in [1.29, 1.82) is 0 Å². The van der Waals surface area contributed by atoms with Crippen molar-refractivity contribution in [2.24, 2.45) is 11.7 Å². The van der Waals surface area contributed by atoms with Gasteiger partial charge in [-0.2, -0.15) is 0 Å². The molecule has 0 radical (unpaired) electrons. The van der Waals surface area contributed by atoms with Crippen molar-refractivity contribution in [2.75, 3.05) is 32.8 Å². The van der Waals surface area contributed by atoms with Gasteiger partial charge in [-0.3, -0.25) is 4.90 Å². The number of nitrogens with two attached hydrogens (primary N) is 1. The molecule has 1 aromatic rings. The molecule has 0 saturated carbocycles. The molecular weight excluding hydrogens is 279 g/mol. The van der Waals surface area contributed by atoms with Gasteiger partial charge in [-0.05, 0) is 56.5 Å². The van der Waals surface area contributed by atoms with E-state index >= 15 is 0 Å². The highest BCUT2D eigenvalue weighted by Gasteiger charge is 2.18. The summed E-state index contributed by atoms with van der Waals surface area (Å²) in [5.41, 5.74) is 5.62. The maximum Gasteiger partial charge on any atom is 0.138 e. The Labute approximate surface area is 124 Å². The van der Waals surface area contributed by atoms with E-state index < -0.39 is 0 Å². The third-order valence-corrected chi connectivity index (χ3v) is 4.03. The summed E-state index contributed by atoms with van der Waals surface area (Å²) in [6.07, 6.45) is 3.60. The molecule has 112 valence electrons. The lowest BCUT2D eigenvalue weighted by atomic mass is 9.95. The van der Waals surface area contributed by atoms with Gasteiger partial charge in [-0.1, -0.05) is 11.6 Å². The van der Waals surface area contributed by atoms with Crippen LogP contribution >= 0.6 is 11.6 Å². The van der Waals surface area contributed by atoms with Crippen molar-refractivity contribution >= 4 is 11.6 Å². The normalized spacial score (nSPS) is 20.1. The molecule has 1 aliphatic heterocycles. The molecule has 2 N–H and O–H groups in total. The molecule has 0 amide bonds. The number of rotatable bonds is 6. The zero-order valence-corrected chi connectivity index (χ0v) is 12.4. The van der Waals surface area contributed by atoms with Gasteiger partial charge >= 0.3 is 0 Å². The number of nitrogens with zero attached hydrogens (tertiary/aromatic N) is 1. The monoisotopic (exact) mass is 300 g/mol. The molecule has 0 spiro atoms. The van der Waals surface area contributed by atoms with Gasteiger partial charge in [0.25, 0.3) is 0 Å². The van der Waals surface area contributed by atoms with Crippen LogP contribution in [0.25, 0.3) is 0 Å². The number of hydrogen-bond acceptors (Lipinski definition) is 3. The minimum absolute atomic E-state index is 0.324. The second-order valence-corrected chi connectivity index (χ2v) is 5.72. The number of hydrogen-bond donors (Lipinski definition) is 1. The third-order valence-electron chi connectivity index (χ3n) is 3.74. The van der Waals surface area contributed by atoms with Gasteiger partial charge in [-0.15, -0.1) is 0 Å². The van der Waals surface area contributed by atoms with E-state index in [-0.39, 0.29) is 5.82 Å². The highest BCUT2D eigenvalue weighted by molar-refractivity contribution is 6.32. The fourth-order valence-corrected chi connectivity index (χ4v) is 2.92. The van der Waals surface area contributed by atoms with Crippen molar-refractivity contribution in [3.05, 3.63) is 29.0 Å². The highest BCUT2D eigenvalue weighted by Crippen LogP contribution is 2.25. The molecule has 0 aliphatic carbocycles. The Balaban J connectivity index is 1.75. The summed E-state index contributed by atoms with van der Waals surface area (Å²) in [6, 6.07) is 4.21. The summed E-state index contributed by atoms with van der Waals surface area (Å²) >= 11 is 5.92. The Morgan fingerprint density at radius 3 is 3.05 bits per heavy atom. The zero-order chi connectivity index (χ0) is 14.4. The minimum Gasteiger partial charge on any atom is -0.491 e. The van der Waals surface area contributed by atoms with Gasteiger partial charge in [0.2, 0.25) is 0 Å². The van der Waals surface area contributed by atoms with Gasteiger partial charge in [0.1, 0.15) is 18.2 Å². The largest absolute Gasteiger partial charge is 0.491 e. The smallest absolute Gasteiger partial charge is 0.138 e. The summed E-state index contributed by atoms with van der Waals surface area (Å²) in [4.78, 5) is 2.40. The van der Waals surface area contributed by atoms with Crippen LogP contribution in [-0.2, 0) is 0 Å². The first-order valence-corrected chi connectivity index (χ1v) is 7.57. The van der Waals surface area contributed by atoms with E-state index in [0.717, 1.165) is 32.6 Å². The molecule has 1 aromatic carbocycles. The van der Waals surface area contributed by atoms with Gasteiger partial charge < -0.3 is 10.5 Å². The van der Waals surface area contributed by atoms with E-state index in [4.69, 9.17) is 22.1 Å². The van der Waals surface area contributed by atoms with Crippen LogP contribution in [0.2, 0.25) is 5.02 Å². The predicted octanol–water partition coefficient (Wildman–Crippen LogP) is 2.92. The maximum absolute atomic E-state index is 12.9. The van der Waals surface area contributed by atoms with E-state index in [1.165, 1.54) is 25.0 Å². The van der Waals surface area contributed by atoms with Gasteiger partial charge in [0.05, 0.1) is 5.02 Å². The van der Waals surface area contributed by atoms with Crippen molar-refractivity contribution in [1.82, 2.24) is 4.90 Å². The topological polar surface area (TPSA) is 38.5 Å². The van der Waals surface area contributed by atoms with E-state index in [0.29, 0.717) is 23.3 Å². The second kappa shape index (κ2) is 7.81. The molecule has 3 nitrogen and oxygen atoms in total.